The lowest BCUT2D eigenvalue weighted by Gasteiger charge is -2.27. The highest BCUT2D eigenvalue weighted by atomic mass is 19.2. The minimum atomic E-state index is -1.83. The van der Waals surface area contributed by atoms with E-state index in [0.717, 1.165) is 23.0 Å². The molecule has 1 aliphatic carbocycles. The summed E-state index contributed by atoms with van der Waals surface area (Å²) in [4.78, 5) is 13.0. The second-order valence-electron chi connectivity index (χ2n) is 8.81. The highest BCUT2D eigenvalue weighted by Gasteiger charge is 2.22. The fourth-order valence-electron chi connectivity index (χ4n) is 4.38. The van der Waals surface area contributed by atoms with Crippen LogP contribution in [0.25, 0.3) is 27.9 Å². The number of anilines is 2. The molecule has 4 N–H and O–H groups in total. The van der Waals surface area contributed by atoms with Crippen LogP contribution < -0.4 is 11.1 Å². The first-order chi connectivity index (χ1) is 16.2. The van der Waals surface area contributed by atoms with Crippen LogP contribution in [0.3, 0.4) is 0 Å². The van der Waals surface area contributed by atoms with Crippen molar-refractivity contribution in [2.24, 2.45) is 0 Å². The maximum absolute atomic E-state index is 14.0. The molecule has 1 atom stereocenters. The number of imidazole rings is 1. The van der Waals surface area contributed by atoms with E-state index in [9.17, 15) is 13.9 Å². The fourth-order valence-corrected chi connectivity index (χ4v) is 4.38. The van der Waals surface area contributed by atoms with Crippen molar-refractivity contribution in [3.63, 3.8) is 0 Å². The summed E-state index contributed by atoms with van der Waals surface area (Å²) in [7, 11) is 1.72. The molecule has 4 aromatic rings. The Morgan fingerprint density at radius 3 is 2.53 bits per heavy atom. The third-order valence-corrected chi connectivity index (χ3v) is 6.09. The second kappa shape index (κ2) is 9.49. The first kappa shape index (κ1) is 23.8. The van der Waals surface area contributed by atoms with Gasteiger partial charge in [-0.15, -0.1) is 5.10 Å². The van der Waals surface area contributed by atoms with E-state index in [1.807, 2.05) is 13.0 Å². The molecule has 34 heavy (non-hydrogen) atoms. The maximum Gasteiger partial charge on any atom is 0.240 e. The van der Waals surface area contributed by atoms with E-state index >= 15 is 0 Å². The zero-order chi connectivity index (χ0) is 24.5. The minimum absolute atomic E-state index is 0.129. The molecule has 0 radical (unpaired) electrons. The van der Waals surface area contributed by atoms with Gasteiger partial charge in [0, 0.05) is 18.8 Å². The molecule has 1 unspecified atom stereocenters. The van der Waals surface area contributed by atoms with Crippen LogP contribution in [0, 0.1) is 6.92 Å². The number of fused-ring (bicyclic) bond motifs is 2. The zero-order valence-electron chi connectivity index (χ0n) is 19.6. The predicted octanol–water partition coefficient (Wildman–Crippen LogP) is 4.21. The number of halogens is 2. The summed E-state index contributed by atoms with van der Waals surface area (Å²) in [5.41, 5.74) is 8.15. The van der Waals surface area contributed by atoms with Gasteiger partial charge in [-0.2, -0.15) is 4.98 Å². The number of hydrogen-bond donors (Lipinski definition) is 3. The Morgan fingerprint density at radius 2 is 1.91 bits per heavy atom. The fraction of sp³-hybridized carbons (Fsp3) is 0.478. The van der Waals surface area contributed by atoms with Crippen molar-refractivity contribution < 1.29 is 13.9 Å². The first-order valence-corrected chi connectivity index (χ1v) is 11.3. The number of rotatable bonds is 4. The lowest BCUT2D eigenvalue weighted by atomic mass is 9.87. The third-order valence-electron chi connectivity index (χ3n) is 6.09. The van der Waals surface area contributed by atoms with Gasteiger partial charge in [-0.25, -0.2) is 23.3 Å². The topological polar surface area (TPSA) is 119 Å². The number of aryl methyl sites for hydroxylation is 1. The Kier molecular flexibility index (Phi) is 6.65. The van der Waals surface area contributed by atoms with E-state index in [-0.39, 0.29) is 17.2 Å². The molecule has 11 heteroatoms. The average Bonchev–Trinajstić information content (AvgIpc) is 3.37. The van der Waals surface area contributed by atoms with E-state index in [4.69, 9.17) is 5.73 Å². The molecule has 5 rings (SSSR count). The summed E-state index contributed by atoms with van der Waals surface area (Å²) < 4.78 is 29.7. The smallest absolute Gasteiger partial charge is 0.240 e. The van der Waals surface area contributed by atoms with Crippen LogP contribution in [0.15, 0.2) is 24.4 Å². The summed E-state index contributed by atoms with van der Waals surface area (Å²) >= 11 is 0. The molecule has 0 bridgehead atoms. The molecule has 4 aromatic heterocycles. The van der Waals surface area contributed by atoms with Crippen molar-refractivity contribution in [3.05, 3.63) is 30.2 Å². The summed E-state index contributed by atoms with van der Waals surface area (Å²) in [6, 6.07) is 5.31. The standard InChI is InChI=1S/C16H16F2N8.C7H14O/c1-8-21-11-4-3-10(22-15(11)26(8)12(18)7-17)9-5-6-25-13(9)14(20-2)23-16(19)24-25;1-7(8)5-3-2-4-6-7/h3-6,12H,7H2,1-2H3,(H3,19,20,23,24);8H,2-6H2,1H3. The van der Waals surface area contributed by atoms with Crippen molar-refractivity contribution >= 4 is 28.4 Å². The van der Waals surface area contributed by atoms with Crippen LogP contribution in [0.2, 0.25) is 0 Å². The van der Waals surface area contributed by atoms with Gasteiger partial charge in [0.2, 0.25) is 12.2 Å². The summed E-state index contributed by atoms with van der Waals surface area (Å²) in [5.74, 6) is 1.03. The van der Waals surface area contributed by atoms with Crippen molar-refractivity contribution in [1.82, 2.24) is 29.1 Å². The summed E-state index contributed by atoms with van der Waals surface area (Å²) in [6.07, 6.45) is 5.66. The summed E-state index contributed by atoms with van der Waals surface area (Å²) in [5, 5.41) is 16.5. The van der Waals surface area contributed by atoms with Gasteiger partial charge in [0.25, 0.3) is 0 Å². The Balaban J connectivity index is 0.000000291. The molecule has 4 heterocycles. The second-order valence-corrected chi connectivity index (χ2v) is 8.81. The molecular formula is C23H30F2N8O. The highest BCUT2D eigenvalue weighted by molar-refractivity contribution is 5.89. The highest BCUT2D eigenvalue weighted by Crippen LogP contribution is 2.31. The van der Waals surface area contributed by atoms with Crippen LogP contribution in [-0.2, 0) is 0 Å². The summed E-state index contributed by atoms with van der Waals surface area (Å²) in [6.45, 7) is 2.41. The number of nitrogens with two attached hydrogens (primary N) is 1. The SMILES string of the molecule is CC1(O)CCCCC1.CNc1nc(N)nn2ccc(-c3ccc4nc(C)n(C(F)CF)c4n3)c12. The van der Waals surface area contributed by atoms with Crippen LogP contribution in [0.1, 0.15) is 51.1 Å². The molecule has 1 saturated carbocycles. The van der Waals surface area contributed by atoms with Gasteiger partial charge in [0.1, 0.15) is 23.5 Å². The van der Waals surface area contributed by atoms with Crippen LogP contribution in [-0.4, -0.2) is 53.6 Å². The number of hydrogen-bond acceptors (Lipinski definition) is 7. The van der Waals surface area contributed by atoms with E-state index in [2.05, 4.69) is 25.4 Å². The Morgan fingerprint density at radius 1 is 1.18 bits per heavy atom. The van der Waals surface area contributed by atoms with Crippen molar-refractivity contribution in [2.75, 3.05) is 24.8 Å². The zero-order valence-corrected chi connectivity index (χ0v) is 19.6. The van der Waals surface area contributed by atoms with Gasteiger partial charge in [0.15, 0.2) is 11.5 Å². The van der Waals surface area contributed by atoms with E-state index in [1.165, 1.54) is 19.3 Å². The quantitative estimate of drug-likeness (QED) is 0.407. The van der Waals surface area contributed by atoms with Crippen molar-refractivity contribution in [2.45, 2.75) is 57.8 Å². The largest absolute Gasteiger partial charge is 0.390 e. The number of aliphatic hydroxyl groups is 1. The normalized spacial score (nSPS) is 16.3. The lowest BCUT2D eigenvalue weighted by molar-refractivity contribution is 0.0225. The van der Waals surface area contributed by atoms with Gasteiger partial charge in [-0.05, 0) is 44.9 Å². The Hall–Kier alpha value is -3.34. The van der Waals surface area contributed by atoms with Crippen molar-refractivity contribution in [1.29, 1.82) is 0 Å². The number of nitrogen functional groups attached to an aromatic ring is 1. The molecule has 0 aromatic carbocycles. The van der Waals surface area contributed by atoms with Gasteiger partial charge < -0.3 is 16.2 Å². The van der Waals surface area contributed by atoms with Gasteiger partial charge >= 0.3 is 0 Å². The number of nitrogens with one attached hydrogen (secondary N) is 1. The van der Waals surface area contributed by atoms with Gasteiger partial charge in [0.05, 0.1) is 11.3 Å². The number of alkyl halides is 2. The monoisotopic (exact) mass is 472 g/mol. The molecule has 9 nitrogen and oxygen atoms in total. The molecule has 182 valence electrons. The van der Waals surface area contributed by atoms with Crippen molar-refractivity contribution in [3.8, 4) is 11.3 Å². The third kappa shape index (κ3) is 4.65. The van der Waals surface area contributed by atoms with Crippen LogP contribution in [0.5, 0.6) is 0 Å². The Labute approximate surface area is 196 Å². The number of pyridine rings is 1. The number of aromatic nitrogens is 6. The Bertz CT molecular complexity index is 1290. The van der Waals surface area contributed by atoms with Gasteiger partial charge in [-0.1, -0.05) is 19.3 Å². The lowest BCUT2D eigenvalue weighted by Crippen LogP contribution is -2.26. The van der Waals surface area contributed by atoms with E-state index in [1.54, 1.807) is 36.8 Å². The molecule has 1 fully saturated rings. The number of nitrogens with zero attached hydrogens (tertiary/aromatic N) is 6. The average molecular weight is 473 g/mol. The molecule has 0 saturated heterocycles. The minimum Gasteiger partial charge on any atom is -0.390 e. The maximum atomic E-state index is 14.0. The van der Waals surface area contributed by atoms with Crippen LogP contribution >= 0.6 is 0 Å². The molecule has 0 aliphatic heterocycles. The molecule has 1 aliphatic rings. The van der Waals surface area contributed by atoms with Gasteiger partial charge in [-0.3, -0.25) is 4.57 Å². The van der Waals surface area contributed by atoms with E-state index < -0.39 is 13.0 Å². The van der Waals surface area contributed by atoms with Crippen LogP contribution in [0.4, 0.5) is 20.5 Å². The first-order valence-electron chi connectivity index (χ1n) is 11.3. The molecule has 0 amide bonds. The molecule has 0 spiro atoms. The predicted molar refractivity (Wildman–Crippen MR) is 128 cm³/mol. The van der Waals surface area contributed by atoms with E-state index in [0.29, 0.717) is 28.4 Å². The molecular weight excluding hydrogens is 442 g/mol.